The van der Waals surface area contributed by atoms with Gasteiger partial charge < -0.3 is 0 Å². The predicted molar refractivity (Wildman–Crippen MR) is 43.5 cm³/mol. The molecule has 0 radical (unpaired) electrons. The summed E-state index contributed by atoms with van der Waals surface area (Å²) in [5, 5.41) is 0. The first-order valence-corrected chi connectivity index (χ1v) is 0. The van der Waals surface area contributed by atoms with Gasteiger partial charge in [0.1, 0.15) is 0 Å². The van der Waals surface area contributed by atoms with Crippen LogP contribution in [-0.2, 0) is 21.1 Å². The Kier molecular flexibility index (Phi) is 1280. The molecular weight excluding hydrogens is 408 g/mol. The average Bonchev–Trinajstić information content (AvgIpc) is 0. The number of halogens is 6. The Hall–Kier alpha value is 2.43. The van der Waals surface area contributed by atoms with Crippen molar-refractivity contribution >= 4 is 74.4 Å². The van der Waals surface area contributed by atoms with Crippen LogP contribution in [0.5, 0.6) is 0 Å². The molecule has 0 atom stereocenters. The van der Waals surface area contributed by atoms with Crippen LogP contribution < -0.4 is 0 Å². The first kappa shape index (κ1) is 114. The number of hydrogen-bond acceptors (Lipinski definition) is 0. The average molecular weight is 414 g/mol. The number of hydrogen-bond donors (Lipinski definition) is 0. The van der Waals surface area contributed by atoms with Gasteiger partial charge in [0.05, 0.1) is 0 Å². The van der Waals surface area contributed by atoms with Crippen LogP contribution in [0.4, 0.5) is 0 Å². The second kappa shape index (κ2) is 78.9. The van der Waals surface area contributed by atoms with Crippen molar-refractivity contribution in [1.82, 2.24) is 0 Å². The fourth-order valence-electron chi connectivity index (χ4n) is 0. The molecule has 0 saturated carbocycles. The maximum Gasteiger partial charge on any atom is 4.00 e. The van der Waals surface area contributed by atoms with E-state index in [2.05, 4.69) is 0 Å². The van der Waals surface area contributed by atoms with Crippen molar-refractivity contribution in [1.29, 1.82) is 0 Å². The summed E-state index contributed by atoms with van der Waals surface area (Å²) in [7, 11) is 0. The van der Waals surface area contributed by atoms with Crippen LogP contribution in [-0.4, -0.2) is 0 Å². The van der Waals surface area contributed by atoms with Crippen molar-refractivity contribution in [3.8, 4) is 0 Å². The van der Waals surface area contributed by atoms with E-state index in [0.717, 1.165) is 0 Å². The van der Waals surface area contributed by atoms with Crippen molar-refractivity contribution in [2.24, 2.45) is 0 Å². The van der Waals surface area contributed by atoms with E-state index in [-0.39, 0.29) is 95.5 Å². The smallest absolute Gasteiger partial charge is 0.147 e. The van der Waals surface area contributed by atoms with Gasteiger partial charge >= 0.3 is 21.1 Å². The topological polar surface area (TPSA) is 0 Å². The molecule has 0 aliphatic heterocycles. The molecule has 0 aromatic rings. The summed E-state index contributed by atoms with van der Waals surface area (Å²) in [5.74, 6) is 0. The van der Waals surface area contributed by atoms with Gasteiger partial charge in [0.2, 0.25) is 0 Å². The molecule has 0 aromatic heterocycles. The van der Waals surface area contributed by atoms with E-state index in [1.807, 2.05) is 0 Å². The van der Waals surface area contributed by atoms with Crippen LogP contribution in [0.2, 0.25) is 0 Å². The normalized spacial score (nSPS) is 0. The molecule has 7 heavy (non-hydrogen) atoms. The molecule has 0 aromatic carbocycles. The Morgan fingerprint density at radius 1 is 0.286 bits per heavy atom. The van der Waals surface area contributed by atoms with Crippen LogP contribution >= 0.6 is 74.4 Å². The van der Waals surface area contributed by atoms with Gasteiger partial charge in [0, 0.05) is 0 Å². The predicted octanol–water partition coefficient (Wildman–Crippen LogP) is 2.53. The van der Waals surface area contributed by atoms with E-state index in [1.54, 1.807) is 0 Å². The zero-order chi connectivity index (χ0) is 0. The molecule has 0 unspecified atom stereocenters. The summed E-state index contributed by atoms with van der Waals surface area (Å²) in [5.41, 5.74) is 0. The second-order valence-corrected chi connectivity index (χ2v) is 0. The van der Waals surface area contributed by atoms with Gasteiger partial charge in [-0.2, -0.15) is 0 Å². The van der Waals surface area contributed by atoms with E-state index in [0.29, 0.717) is 0 Å². The molecule has 0 fully saturated rings. The van der Waals surface area contributed by atoms with Crippen LogP contribution in [0, 0.1) is 0 Å². The summed E-state index contributed by atoms with van der Waals surface area (Å²) < 4.78 is 0. The molecule has 0 heterocycles. The summed E-state index contributed by atoms with van der Waals surface area (Å²) in [6.07, 6.45) is 0. The molecule has 7 heteroatoms. The summed E-state index contributed by atoms with van der Waals surface area (Å²) in [6, 6.07) is 0. The Labute approximate surface area is 94.7 Å². The maximum atomic E-state index is 0. The Bertz CT molecular complexity index is 4.14. The van der Waals surface area contributed by atoms with Gasteiger partial charge in [-0.15, -0.1) is 74.4 Å². The third-order valence-electron chi connectivity index (χ3n) is 0. The molecule has 0 bridgehead atoms. The Morgan fingerprint density at radius 2 is 0.286 bits per heavy atom. The quantitative estimate of drug-likeness (QED) is 0.572. The molecule has 0 aliphatic carbocycles. The molecule has 0 nitrogen and oxygen atoms in total. The van der Waals surface area contributed by atoms with Crippen molar-refractivity contribution in [2.75, 3.05) is 0 Å². The van der Waals surface area contributed by atoms with E-state index in [9.17, 15) is 0 Å². The summed E-state index contributed by atoms with van der Waals surface area (Å²) >= 11 is 0. The first-order valence-electron chi connectivity index (χ1n) is 0. The molecule has 0 saturated heterocycles. The molecule has 0 spiro atoms. The zero-order valence-corrected chi connectivity index (χ0v) is 9.94. The first-order chi connectivity index (χ1) is 0. The largest absolute Gasteiger partial charge is 4.00 e. The van der Waals surface area contributed by atoms with Crippen molar-refractivity contribution in [3.05, 3.63) is 0 Å². The Morgan fingerprint density at radius 3 is 0.286 bits per heavy atom. The van der Waals surface area contributed by atoms with Crippen LogP contribution in [0.1, 0.15) is 0 Å². The SMILES string of the molecule is Cl.Cl.Cl.Cl.Cl.Cl.[Pt+4]. The summed E-state index contributed by atoms with van der Waals surface area (Å²) in [4.78, 5) is 0. The zero-order valence-electron chi connectivity index (χ0n) is 2.77. The fourth-order valence-corrected chi connectivity index (χ4v) is 0. The molecule has 0 N–H and O–H groups in total. The summed E-state index contributed by atoms with van der Waals surface area (Å²) in [6.45, 7) is 0. The molecular formula is H6Cl6Pt+4. The van der Waals surface area contributed by atoms with Crippen LogP contribution in [0.15, 0.2) is 0 Å². The van der Waals surface area contributed by atoms with E-state index in [1.165, 1.54) is 0 Å². The minimum Gasteiger partial charge on any atom is -0.147 e. The Balaban J connectivity index is 0. The monoisotopic (exact) mass is 411 g/mol. The van der Waals surface area contributed by atoms with Gasteiger partial charge in [-0.25, -0.2) is 0 Å². The molecule has 54 valence electrons. The minimum atomic E-state index is 0. The maximum absolute atomic E-state index is 0. The van der Waals surface area contributed by atoms with Crippen molar-refractivity contribution in [2.45, 2.75) is 0 Å². The van der Waals surface area contributed by atoms with Gasteiger partial charge in [0.25, 0.3) is 0 Å². The third kappa shape index (κ3) is 59.1. The van der Waals surface area contributed by atoms with Crippen molar-refractivity contribution < 1.29 is 21.1 Å². The van der Waals surface area contributed by atoms with Gasteiger partial charge in [-0.3, -0.25) is 0 Å². The second-order valence-electron chi connectivity index (χ2n) is 0. The molecule has 0 aliphatic rings. The molecule has 0 rings (SSSR count). The van der Waals surface area contributed by atoms with Crippen LogP contribution in [0.25, 0.3) is 0 Å². The molecule has 0 amide bonds. The standard InChI is InChI=1S/6ClH.Pt/h6*1H;/q;;;;;;+4. The van der Waals surface area contributed by atoms with Crippen molar-refractivity contribution in [3.63, 3.8) is 0 Å². The fraction of sp³-hybridized carbons (Fsp3) is 0. The van der Waals surface area contributed by atoms with Gasteiger partial charge in [-0.1, -0.05) is 0 Å². The van der Waals surface area contributed by atoms with E-state index >= 15 is 0 Å². The van der Waals surface area contributed by atoms with Gasteiger partial charge in [0.15, 0.2) is 0 Å². The van der Waals surface area contributed by atoms with E-state index < -0.39 is 0 Å². The van der Waals surface area contributed by atoms with Crippen LogP contribution in [0.3, 0.4) is 0 Å². The van der Waals surface area contributed by atoms with E-state index in [4.69, 9.17) is 0 Å². The minimum absolute atomic E-state index is 0. The third-order valence-corrected chi connectivity index (χ3v) is 0. The number of rotatable bonds is 0. The van der Waals surface area contributed by atoms with Gasteiger partial charge in [-0.05, 0) is 0 Å².